The van der Waals surface area contributed by atoms with E-state index in [1.165, 1.54) is 0 Å². The number of fused-ring (bicyclic) bond motifs is 3. The van der Waals surface area contributed by atoms with E-state index in [9.17, 15) is 4.79 Å². The van der Waals surface area contributed by atoms with Crippen LogP contribution in [-0.2, 0) is 0 Å². The second kappa shape index (κ2) is 7.54. The highest BCUT2D eigenvalue weighted by Crippen LogP contribution is 2.35. The number of benzene rings is 2. The van der Waals surface area contributed by atoms with Gasteiger partial charge in [0.25, 0.3) is 0 Å². The Hall–Kier alpha value is -3.68. The highest BCUT2D eigenvalue weighted by molar-refractivity contribution is 6.04. The molecular formula is C23H24N6O2. The highest BCUT2D eigenvalue weighted by atomic mass is 16.5. The Labute approximate surface area is 180 Å². The van der Waals surface area contributed by atoms with E-state index in [-0.39, 0.29) is 12.1 Å². The molecule has 2 aliphatic heterocycles. The molecule has 1 atom stereocenters. The van der Waals surface area contributed by atoms with E-state index in [0.29, 0.717) is 12.2 Å². The van der Waals surface area contributed by atoms with Crippen molar-refractivity contribution >= 4 is 11.7 Å². The Morgan fingerprint density at radius 3 is 2.84 bits per heavy atom. The fraction of sp³-hybridized carbons (Fsp3) is 0.304. The van der Waals surface area contributed by atoms with Crippen molar-refractivity contribution in [2.75, 3.05) is 19.7 Å². The van der Waals surface area contributed by atoms with E-state index in [0.717, 1.165) is 47.2 Å². The molecule has 0 fully saturated rings. The van der Waals surface area contributed by atoms with Crippen LogP contribution in [0.5, 0.6) is 5.75 Å². The van der Waals surface area contributed by atoms with Gasteiger partial charge in [0, 0.05) is 18.2 Å². The third-order valence-electron chi connectivity index (χ3n) is 5.70. The predicted octanol–water partition coefficient (Wildman–Crippen LogP) is 2.82. The zero-order chi connectivity index (χ0) is 21.5. The smallest absolute Gasteiger partial charge is 0.249 e. The van der Waals surface area contributed by atoms with Crippen molar-refractivity contribution in [3.05, 3.63) is 65.7 Å². The van der Waals surface area contributed by atoms with Crippen molar-refractivity contribution in [2.24, 2.45) is 10.7 Å². The van der Waals surface area contributed by atoms with E-state index < -0.39 is 5.91 Å². The molecule has 0 aliphatic carbocycles. The summed E-state index contributed by atoms with van der Waals surface area (Å²) >= 11 is 0. The van der Waals surface area contributed by atoms with Gasteiger partial charge in [-0.2, -0.15) is 5.10 Å². The number of nitrogens with two attached hydrogens (primary N) is 1. The van der Waals surface area contributed by atoms with Gasteiger partial charge in [-0.15, -0.1) is 0 Å². The molecule has 2 aliphatic rings. The van der Waals surface area contributed by atoms with Crippen molar-refractivity contribution in [3.8, 4) is 16.9 Å². The lowest BCUT2D eigenvalue weighted by Gasteiger charge is -2.18. The van der Waals surface area contributed by atoms with E-state index in [2.05, 4.69) is 28.8 Å². The molecule has 0 spiro atoms. The first-order chi connectivity index (χ1) is 15.0. The summed E-state index contributed by atoms with van der Waals surface area (Å²) in [7, 11) is 0. The average molecular weight is 416 g/mol. The molecule has 0 bridgehead atoms. The van der Waals surface area contributed by atoms with Crippen LogP contribution in [0.15, 0.2) is 53.8 Å². The van der Waals surface area contributed by atoms with Crippen LogP contribution in [0.1, 0.15) is 47.7 Å². The Morgan fingerprint density at radius 2 is 2.03 bits per heavy atom. The molecule has 1 amide bonds. The normalized spacial score (nSPS) is 17.6. The predicted molar refractivity (Wildman–Crippen MR) is 117 cm³/mol. The topological polar surface area (TPSA) is 98.6 Å². The molecule has 158 valence electrons. The van der Waals surface area contributed by atoms with Crippen LogP contribution < -0.4 is 10.5 Å². The molecule has 3 heterocycles. The van der Waals surface area contributed by atoms with E-state index in [1.54, 1.807) is 12.4 Å². The molecular weight excluding hydrogens is 392 g/mol. The van der Waals surface area contributed by atoms with Gasteiger partial charge < -0.3 is 15.4 Å². The van der Waals surface area contributed by atoms with Crippen LogP contribution in [0.3, 0.4) is 0 Å². The van der Waals surface area contributed by atoms with Crippen molar-refractivity contribution in [1.82, 2.24) is 19.7 Å². The van der Waals surface area contributed by atoms with Crippen molar-refractivity contribution in [1.29, 1.82) is 0 Å². The monoisotopic (exact) mass is 416 g/mol. The van der Waals surface area contributed by atoms with Gasteiger partial charge in [-0.05, 0) is 43.2 Å². The fourth-order valence-corrected chi connectivity index (χ4v) is 4.25. The lowest BCUT2D eigenvalue weighted by Crippen LogP contribution is -2.30. The zero-order valence-corrected chi connectivity index (χ0v) is 17.5. The van der Waals surface area contributed by atoms with Gasteiger partial charge in [0.2, 0.25) is 5.91 Å². The first kappa shape index (κ1) is 19.3. The van der Waals surface area contributed by atoms with Crippen LogP contribution in [0.25, 0.3) is 11.1 Å². The summed E-state index contributed by atoms with van der Waals surface area (Å²) in [5.41, 5.74) is 8.68. The van der Waals surface area contributed by atoms with Gasteiger partial charge in [0.1, 0.15) is 30.6 Å². The number of primary amides is 1. The SMILES string of the molecule is CC(C)n1ncnc1C1CN2CCOc3cc(-c4ccccc4C(N)=O)ccc3C2=N1. The van der Waals surface area contributed by atoms with Crippen molar-refractivity contribution in [2.45, 2.75) is 25.9 Å². The van der Waals surface area contributed by atoms with Crippen LogP contribution in [-0.4, -0.2) is 51.1 Å². The molecule has 0 saturated heterocycles. The summed E-state index contributed by atoms with van der Waals surface area (Å²) in [5, 5.41) is 4.36. The maximum absolute atomic E-state index is 11.9. The zero-order valence-electron chi connectivity index (χ0n) is 17.5. The molecule has 3 aromatic rings. The number of carbonyl (C=O) groups excluding carboxylic acids is 1. The second-order valence-electron chi connectivity index (χ2n) is 8.04. The van der Waals surface area contributed by atoms with E-state index in [4.69, 9.17) is 15.5 Å². The molecule has 0 saturated carbocycles. The quantitative estimate of drug-likeness (QED) is 0.705. The van der Waals surface area contributed by atoms with Crippen molar-refractivity contribution < 1.29 is 9.53 Å². The minimum absolute atomic E-state index is 0.0684. The molecule has 31 heavy (non-hydrogen) atoms. The van der Waals surface area contributed by atoms with Crippen molar-refractivity contribution in [3.63, 3.8) is 0 Å². The van der Waals surface area contributed by atoms with Crippen LogP contribution in [0.2, 0.25) is 0 Å². The molecule has 2 N–H and O–H groups in total. The van der Waals surface area contributed by atoms with E-state index >= 15 is 0 Å². The van der Waals surface area contributed by atoms with E-state index in [1.807, 2.05) is 41.1 Å². The number of amides is 1. The number of aromatic nitrogens is 3. The second-order valence-corrected chi connectivity index (χ2v) is 8.04. The average Bonchev–Trinajstić information content (AvgIpc) is 3.38. The molecule has 2 aromatic carbocycles. The molecule has 1 aromatic heterocycles. The fourth-order valence-electron chi connectivity index (χ4n) is 4.25. The minimum atomic E-state index is -0.449. The van der Waals surface area contributed by atoms with Gasteiger partial charge in [0.15, 0.2) is 5.82 Å². The number of amidine groups is 1. The van der Waals surface area contributed by atoms with Crippen LogP contribution in [0.4, 0.5) is 0 Å². The number of aliphatic imine (C=N–C) groups is 1. The highest BCUT2D eigenvalue weighted by Gasteiger charge is 2.33. The van der Waals surface area contributed by atoms with Gasteiger partial charge >= 0.3 is 0 Å². The lowest BCUT2D eigenvalue weighted by molar-refractivity contribution is 0.100. The minimum Gasteiger partial charge on any atom is -0.491 e. The first-order valence-electron chi connectivity index (χ1n) is 10.4. The molecule has 8 heteroatoms. The third-order valence-corrected chi connectivity index (χ3v) is 5.70. The standard InChI is InChI=1S/C23H24N6O2/c1-14(2)29-23(25-13-26-29)19-12-28-9-10-31-20-11-15(7-8-18(20)22(28)27-19)16-5-3-4-6-17(16)21(24)30/h3-8,11,13-14,19H,9-10,12H2,1-2H3,(H2,24,30). The van der Waals surface area contributed by atoms with Gasteiger partial charge in [-0.25, -0.2) is 9.67 Å². The summed E-state index contributed by atoms with van der Waals surface area (Å²) in [6, 6.07) is 13.5. The summed E-state index contributed by atoms with van der Waals surface area (Å²) < 4.78 is 8.00. The number of carbonyl (C=O) groups is 1. The first-order valence-corrected chi connectivity index (χ1v) is 10.4. The number of rotatable bonds is 4. The molecule has 0 radical (unpaired) electrons. The van der Waals surface area contributed by atoms with Crippen LogP contribution in [0, 0.1) is 0 Å². The lowest BCUT2D eigenvalue weighted by atomic mass is 9.97. The van der Waals surface area contributed by atoms with Gasteiger partial charge in [-0.1, -0.05) is 24.3 Å². The molecule has 1 unspecified atom stereocenters. The largest absolute Gasteiger partial charge is 0.491 e. The van der Waals surface area contributed by atoms with Gasteiger partial charge in [-0.3, -0.25) is 9.79 Å². The summed E-state index contributed by atoms with van der Waals surface area (Å²) in [6.07, 6.45) is 1.60. The molecule has 8 nitrogen and oxygen atoms in total. The Balaban J connectivity index is 1.55. The summed E-state index contributed by atoms with van der Waals surface area (Å²) in [5.74, 6) is 2.09. The van der Waals surface area contributed by atoms with Gasteiger partial charge in [0.05, 0.1) is 12.1 Å². The summed E-state index contributed by atoms with van der Waals surface area (Å²) in [6.45, 7) is 6.22. The Kier molecular flexibility index (Phi) is 4.69. The number of nitrogens with zero attached hydrogens (tertiary/aromatic N) is 5. The number of hydrogen-bond acceptors (Lipinski definition) is 6. The maximum Gasteiger partial charge on any atom is 0.249 e. The van der Waals surface area contributed by atoms with Crippen LogP contribution >= 0.6 is 0 Å². The number of hydrogen-bond donors (Lipinski definition) is 1. The third kappa shape index (κ3) is 3.34. The Bertz CT molecular complexity index is 1180. The number of ether oxygens (including phenoxy) is 1. The molecule has 5 rings (SSSR count). The Morgan fingerprint density at radius 1 is 1.19 bits per heavy atom. The maximum atomic E-state index is 11.9. The summed E-state index contributed by atoms with van der Waals surface area (Å²) in [4.78, 5) is 23.6.